The molecule has 2 N–H and O–H groups in total. The second kappa shape index (κ2) is 2.38. The van der Waals surface area contributed by atoms with Gasteiger partial charge in [-0.2, -0.15) is 0 Å². The highest BCUT2D eigenvalue weighted by atomic mass is 16.1. The largest absolute Gasteiger partial charge is 0.356 e. The molecule has 1 aromatic heterocycles. The summed E-state index contributed by atoms with van der Waals surface area (Å²) in [6.07, 6.45) is 0. The fourth-order valence-corrected chi connectivity index (χ4v) is 2.02. The molecule has 3 nitrogen and oxygen atoms in total. The lowest BCUT2D eigenvalue weighted by Crippen LogP contribution is -2.13. The van der Waals surface area contributed by atoms with Crippen molar-refractivity contribution in [2.75, 3.05) is 0 Å². The second-order valence-corrected chi connectivity index (χ2v) is 3.71. The number of aromatic nitrogens is 1. The fraction of sp³-hybridized carbons (Fsp3) is 0.182. The molecule has 2 heterocycles. The number of carbonyl (C=O) groups is 1. The van der Waals surface area contributed by atoms with E-state index < -0.39 is 0 Å². The topological polar surface area (TPSA) is 44.9 Å². The predicted molar refractivity (Wildman–Crippen MR) is 54.2 cm³/mol. The summed E-state index contributed by atoms with van der Waals surface area (Å²) >= 11 is 0. The lowest BCUT2D eigenvalue weighted by molar-refractivity contribution is 0.0967. The lowest BCUT2D eigenvalue weighted by atomic mass is 10.1. The number of fused-ring (bicyclic) bond motifs is 3. The SMILES string of the molecule is Cc1ccc2c3c([nH]c2c1)CNC3=O. The number of carbonyl (C=O) groups excluding carboxylic acids is 1. The third-order valence-electron chi connectivity index (χ3n) is 2.68. The molecule has 0 bridgehead atoms. The number of rotatable bonds is 0. The highest BCUT2D eigenvalue weighted by molar-refractivity contribution is 6.10. The Morgan fingerprint density at radius 3 is 3.07 bits per heavy atom. The van der Waals surface area contributed by atoms with Crippen molar-refractivity contribution in [3.05, 3.63) is 35.0 Å². The van der Waals surface area contributed by atoms with Gasteiger partial charge in [-0.05, 0) is 18.6 Å². The third-order valence-corrected chi connectivity index (χ3v) is 2.68. The van der Waals surface area contributed by atoms with Crippen LogP contribution in [0.4, 0.5) is 0 Å². The minimum atomic E-state index is 0.0371. The average molecular weight is 186 g/mol. The maximum Gasteiger partial charge on any atom is 0.254 e. The summed E-state index contributed by atoms with van der Waals surface area (Å²) in [5, 5.41) is 3.83. The van der Waals surface area contributed by atoms with Crippen LogP contribution in [0.25, 0.3) is 10.9 Å². The number of nitrogens with one attached hydrogen (secondary N) is 2. The van der Waals surface area contributed by atoms with Crippen molar-refractivity contribution < 1.29 is 4.79 Å². The molecule has 0 aliphatic carbocycles. The van der Waals surface area contributed by atoms with Gasteiger partial charge in [0.1, 0.15) is 0 Å². The van der Waals surface area contributed by atoms with Crippen LogP contribution in [0.3, 0.4) is 0 Å². The second-order valence-electron chi connectivity index (χ2n) is 3.71. The first-order valence-electron chi connectivity index (χ1n) is 4.65. The Morgan fingerprint density at radius 2 is 2.21 bits per heavy atom. The van der Waals surface area contributed by atoms with Gasteiger partial charge in [0.2, 0.25) is 0 Å². The third kappa shape index (κ3) is 0.839. The minimum absolute atomic E-state index is 0.0371. The first-order chi connectivity index (χ1) is 6.75. The van der Waals surface area contributed by atoms with Crippen molar-refractivity contribution in [2.24, 2.45) is 0 Å². The summed E-state index contributed by atoms with van der Waals surface area (Å²) < 4.78 is 0. The van der Waals surface area contributed by atoms with Crippen LogP contribution in [0.5, 0.6) is 0 Å². The Balaban J connectivity index is 2.41. The molecule has 14 heavy (non-hydrogen) atoms. The van der Waals surface area contributed by atoms with E-state index in [-0.39, 0.29) is 5.91 Å². The van der Waals surface area contributed by atoms with Crippen LogP contribution in [0, 0.1) is 6.92 Å². The molecule has 2 aromatic rings. The molecule has 1 aliphatic rings. The summed E-state index contributed by atoms with van der Waals surface area (Å²) in [4.78, 5) is 14.8. The molecule has 0 atom stereocenters. The van der Waals surface area contributed by atoms with Crippen molar-refractivity contribution in [1.29, 1.82) is 0 Å². The van der Waals surface area contributed by atoms with Gasteiger partial charge in [0.25, 0.3) is 5.91 Å². The van der Waals surface area contributed by atoms with Gasteiger partial charge in [-0.1, -0.05) is 12.1 Å². The summed E-state index contributed by atoms with van der Waals surface area (Å²) in [5.41, 5.74) is 4.10. The highest BCUT2D eigenvalue weighted by Gasteiger charge is 2.23. The van der Waals surface area contributed by atoms with Crippen LogP contribution in [0.2, 0.25) is 0 Å². The van der Waals surface area contributed by atoms with Gasteiger partial charge < -0.3 is 10.3 Å². The van der Waals surface area contributed by atoms with E-state index in [0.717, 1.165) is 22.2 Å². The number of hydrogen-bond acceptors (Lipinski definition) is 1. The molecule has 1 aromatic carbocycles. The van der Waals surface area contributed by atoms with E-state index in [1.54, 1.807) is 0 Å². The number of hydrogen-bond donors (Lipinski definition) is 2. The van der Waals surface area contributed by atoms with Gasteiger partial charge in [-0.15, -0.1) is 0 Å². The molecular weight excluding hydrogens is 176 g/mol. The average Bonchev–Trinajstić information content (AvgIpc) is 2.66. The maximum absolute atomic E-state index is 11.5. The van der Waals surface area contributed by atoms with E-state index in [1.165, 1.54) is 5.56 Å². The van der Waals surface area contributed by atoms with Gasteiger partial charge in [0.05, 0.1) is 12.1 Å². The van der Waals surface area contributed by atoms with E-state index in [0.29, 0.717) is 6.54 Å². The zero-order chi connectivity index (χ0) is 9.71. The van der Waals surface area contributed by atoms with Gasteiger partial charge in [0, 0.05) is 16.6 Å². The smallest absolute Gasteiger partial charge is 0.254 e. The summed E-state index contributed by atoms with van der Waals surface area (Å²) in [7, 11) is 0. The van der Waals surface area contributed by atoms with Gasteiger partial charge in [-0.3, -0.25) is 4.79 Å². The van der Waals surface area contributed by atoms with Gasteiger partial charge >= 0.3 is 0 Å². The zero-order valence-corrected chi connectivity index (χ0v) is 7.85. The van der Waals surface area contributed by atoms with E-state index in [1.807, 2.05) is 19.1 Å². The summed E-state index contributed by atoms with van der Waals surface area (Å²) in [5.74, 6) is 0.0371. The molecule has 3 heteroatoms. The first-order valence-corrected chi connectivity index (χ1v) is 4.65. The molecule has 0 radical (unpaired) electrons. The quantitative estimate of drug-likeness (QED) is 0.646. The number of amides is 1. The van der Waals surface area contributed by atoms with Crippen LogP contribution in [-0.2, 0) is 6.54 Å². The van der Waals surface area contributed by atoms with Crippen molar-refractivity contribution in [1.82, 2.24) is 10.3 Å². The maximum atomic E-state index is 11.5. The van der Waals surface area contributed by atoms with Gasteiger partial charge in [0.15, 0.2) is 0 Å². The Hall–Kier alpha value is -1.77. The molecule has 1 amide bonds. The number of benzene rings is 1. The van der Waals surface area contributed by atoms with Crippen LogP contribution >= 0.6 is 0 Å². The van der Waals surface area contributed by atoms with Crippen molar-refractivity contribution in [3.8, 4) is 0 Å². The Morgan fingerprint density at radius 1 is 1.36 bits per heavy atom. The molecule has 0 unspecified atom stereocenters. The van der Waals surface area contributed by atoms with Crippen LogP contribution < -0.4 is 5.32 Å². The normalized spacial score (nSPS) is 14.5. The summed E-state index contributed by atoms with van der Waals surface area (Å²) in [6.45, 7) is 2.67. The molecule has 0 saturated heterocycles. The highest BCUT2D eigenvalue weighted by Crippen LogP contribution is 2.26. The molecule has 1 aliphatic heterocycles. The van der Waals surface area contributed by atoms with Crippen LogP contribution in [0.15, 0.2) is 18.2 Å². The number of H-pyrrole nitrogens is 1. The zero-order valence-electron chi connectivity index (χ0n) is 7.85. The standard InChI is InChI=1S/C11H10N2O/c1-6-2-3-7-8(4-6)13-9-5-12-11(14)10(7)9/h2-4,13H,5H2,1H3,(H,12,14). The molecule has 0 saturated carbocycles. The molecule has 3 rings (SSSR count). The van der Waals surface area contributed by atoms with E-state index >= 15 is 0 Å². The number of aromatic amines is 1. The Labute approximate surface area is 81.1 Å². The molecule has 0 spiro atoms. The molecule has 70 valence electrons. The predicted octanol–water partition coefficient (Wildman–Crippen LogP) is 1.72. The molecule has 0 fully saturated rings. The van der Waals surface area contributed by atoms with Crippen molar-refractivity contribution in [3.63, 3.8) is 0 Å². The first kappa shape index (κ1) is 7.62. The minimum Gasteiger partial charge on any atom is -0.356 e. The fourth-order valence-electron chi connectivity index (χ4n) is 2.02. The molecular formula is C11H10N2O. The summed E-state index contributed by atoms with van der Waals surface area (Å²) in [6, 6.07) is 6.11. The van der Waals surface area contributed by atoms with Crippen LogP contribution in [-0.4, -0.2) is 10.9 Å². The van der Waals surface area contributed by atoms with E-state index in [2.05, 4.69) is 16.4 Å². The van der Waals surface area contributed by atoms with Crippen LogP contribution in [0.1, 0.15) is 21.6 Å². The Bertz CT molecular complexity index is 539. The van der Waals surface area contributed by atoms with Crippen molar-refractivity contribution >= 4 is 16.8 Å². The van der Waals surface area contributed by atoms with E-state index in [4.69, 9.17) is 0 Å². The Kier molecular flexibility index (Phi) is 1.29. The van der Waals surface area contributed by atoms with Crippen molar-refractivity contribution in [2.45, 2.75) is 13.5 Å². The number of aryl methyl sites for hydroxylation is 1. The van der Waals surface area contributed by atoms with E-state index in [9.17, 15) is 4.79 Å². The lowest BCUT2D eigenvalue weighted by Gasteiger charge is -1.95. The van der Waals surface area contributed by atoms with Gasteiger partial charge in [-0.25, -0.2) is 0 Å². The monoisotopic (exact) mass is 186 g/mol.